The average molecular weight is 594 g/mol. The summed E-state index contributed by atoms with van der Waals surface area (Å²) in [5, 5.41) is 2.36. The van der Waals surface area contributed by atoms with Gasteiger partial charge in [0.15, 0.2) is 0 Å². The molecule has 1 aromatic carbocycles. The molecule has 0 bridgehead atoms. The van der Waals surface area contributed by atoms with Crippen LogP contribution in [-0.2, 0) is 28.0 Å². The van der Waals surface area contributed by atoms with Crippen molar-refractivity contribution in [2.45, 2.75) is 51.6 Å². The SMILES string of the molecule is COc1cc(-c2cc(C)c(=O)n(C)c2)cc(OC)c1CN1CCC(CCN2CCN(C3CCC(=O)NC3=O)C(=O)C2)CC1. The normalized spacial score (nSPS) is 20.8. The summed E-state index contributed by atoms with van der Waals surface area (Å²) >= 11 is 0. The summed E-state index contributed by atoms with van der Waals surface area (Å²) in [7, 11) is 5.11. The fourth-order valence-electron chi connectivity index (χ4n) is 6.60. The number of piperidine rings is 2. The van der Waals surface area contributed by atoms with Crippen LogP contribution >= 0.6 is 0 Å². The molecule has 1 atom stereocenters. The van der Waals surface area contributed by atoms with Gasteiger partial charge in [-0.3, -0.25) is 34.3 Å². The number of nitrogens with one attached hydrogen (secondary N) is 1. The van der Waals surface area contributed by atoms with E-state index >= 15 is 0 Å². The topological polar surface area (TPSA) is 113 Å². The van der Waals surface area contributed by atoms with Crippen molar-refractivity contribution >= 4 is 17.7 Å². The molecule has 3 saturated heterocycles. The summed E-state index contributed by atoms with van der Waals surface area (Å²) in [5.41, 5.74) is 3.56. The summed E-state index contributed by atoms with van der Waals surface area (Å²) < 4.78 is 13.2. The number of rotatable bonds is 9. The smallest absolute Gasteiger partial charge is 0.253 e. The monoisotopic (exact) mass is 593 g/mol. The number of ether oxygens (including phenoxy) is 2. The van der Waals surface area contributed by atoms with Gasteiger partial charge in [-0.2, -0.15) is 0 Å². The number of amides is 3. The molecule has 4 heterocycles. The number of benzene rings is 1. The van der Waals surface area contributed by atoms with Crippen LogP contribution < -0.4 is 20.3 Å². The minimum absolute atomic E-state index is 0.0106. The molecule has 1 unspecified atom stereocenters. The third kappa shape index (κ3) is 6.94. The number of piperazine rings is 1. The zero-order valence-electron chi connectivity index (χ0n) is 25.7. The maximum absolute atomic E-state index is 12.8. The van der Waals surface area contributed by atoms with Crippen molar-refractivity contribution < 1.29 is 23.9 Å². The van der Waals surface area contributed by atoms with Crippen molar-refractivity contribution in [3.05, 3.63) is 45.9 Å². The summed E-state index contributed by atoms with van der Waals surface area (Å²) in [6.45, 7) is 6.95. The molecule has 1 aromatic heterocycles. The lowest BCUT2D eigenvalue weighted by molar-refractivity contribution is -0.149. The Hall–Kier alpha value is -3.70. The Kier molecular flexibility index (Phi) is 9.51. The standard InChI is InChI=1S/C32H43N5O6/c1-21-15-24(18-34(2)32(21)41)23-16-27(42-3)25(28(17-23)43-4)19-35-10-7-22(8-11-35)9-12-36-13-14-37(30(39)20-36)26-5-6-29(38)33-31(26)40/h15-18,22,26H,5-14,19-20H2,1-4H3,(H,33,38,40). The second-order valence-electron chi connectivity index (χ2n) is 12.0. The van der Waals surface area contributed by atoms with Gasteiger partial charge in [0, 0.05) is 44.9 Å². The number of methoxy groups -OCH3 is 2. The molecular formula is C32H43N5O6. The van der Waals surface area contributed by atoms with Crippen LogP contribution in [0.15, 0.2) is 29.2 Å². The first kappa shape index (κ1) is 30.7. The van der Waals surface area contributed by atoms with Crippen LogP contribution in [0.1, 0.15) is 43.2 Å². The first-order chi connectivity index (χ1) is 20.7. The van der Waals surface area contributed by atoms with E-state index in [-0.39, 0.29) is 29.7 Å². The fraction of sp³-hybridized carbons (Fsp3) is 0.562. The highest BCUT2D eigenvalue weighted by Gasteiger charge is 2.37. The van der Waals surface area contributed by atoms with E-state index in [1.165, 1.54) is 0 Å². The molecule has 3 aliphatic heterocycles. The van der Waals surface area contributed by atoms with Crippen LogP contribution in [0.3, 0.4) is 0 Å². The van der Waals surface area contributed by atoms with Gasteiger partial charge in [0.25, 0.3) is 5.56 Å². The highest BCUT2D eigenvalue weighted by atomic mass is 16.5. The van der Waals surface area contributed by atoms with E-state index in [1.54, 1.807) is 30.7 Å². The van der Waals surface area contributed by atoms with Crippen molar-refractivity contribution in [2.24, 2.45) is 13.0 Å². The minimum atomic E-state index is -0.525. The Bertz CT molecular complexity index is 1380. The van der Waals surface area contributed by atoms with E-state index in [1.807, 2.05) is 31.3 Å². The summed E-state index contributed by atoms with van der Waals surface area (Å²) in [6, 6.07) is 5.41. The largest absolute Gasteiger partial charge is 0.496 e. The molecule has 2 aromatic rings. The molecular weight excluding hydrogens is 550 g/mol. The van der Waals surface area contributed by atoms with Crippen LogP contribution in [-0.4, -0.2) is 96.5 Å². The van der Waals surface area contributed by atoms with Crippen LogP contribution in [0.4, 0.5) is 0 Å². The molecule has 0 saturated carbocycles. The Balaban J connectivity index is 1.13. The number of aromatic nitrogens is 1. The quantitative estimate of drug-likeness (QED) is 0.439. The van der Waals surface area contributed by atoms with Gasteiger partial charge in [-0.15, -0.1) is 0 Å². The number of nitrogens with zero attached hydrogens (tertiary/aromatic N) is 4. The van der Waals surface area contributed by atoms with Crippen molar-refractivity contribution in [1.82, 2.24) is 24.6 Å². The van der Waals surface area contributed by atoms with Crippen molar-refractivity contribution in [3.63, 3.8) is 0 Å². The molecule has 11 nitrogen and oxygen atoms in total. The number of likely N-dealkylation sites (tertiary alicyclic amines) is 1. The number of carbonyl (C=O) groups excluding carboxylic acids is 3. The maximum Gasteiger partial charge on any atom is 0.253 e. The summed E-state index contributed by atoms with van der Waals surface area (Å²) in [6.07, 6.45) is 5.74. The van der Waals surface area contributed by atoms with E-state index < -0.39 is 6.04 Å². The second-order valence-corrected chi connectivity index (χ2v) is 12.0. The van der Waals surface area contributed by atoms with Crippen LogP contribution in [0.2, 0.25) is 0 Å². The Morgan fingerprint density at radius 1 is 0.884 bits per heavy atom. The minimum Gasteiger partial charge on any atom is -0.496 e. The van der Waals surface area contributed by atoms with Crippen molar-refractivity contribution in [2.75, 3.05) is 53.5 Å². The molecule has 43 heavy (non-hydrogen) atoms. The predicted molar refractivity (Wildman–Crippen MR) is 162 cm³/mol. The first-order valence-electron chi connectivity index (χ1n) is 15.2. The number of aryl methyl sites for hydroxylation is 2. The molecule has 5 rings (SSSR count). The Labute approximate surface area is 252 Å². The average Bonchev–Trinajstić information content (AvgIpc) is 2.99. The molecule has 0 spiro atoms. The van der Waals surface area contributed by atoms with Crippen LogP contribution in [0.5, 0.6) is 11.5 Å². The first-order valence-corrected chi connectivity index (χ1v) is 15.2. The number of hydrogen-bond acceptors (Lipinski definition) is 8. The van der Waals surface area contributed by atoms with Gasteiger partial charge in [-0.25, -0.2) is 0 Å². The lowest BCUT2D eigenvalue weighted by Gasteiger charge is -2.40. The number of carbonyl (C=O) groups is 3. The highest BCUT2D eigenvalue weighted by Crippen LogP contribution is 2.37. The summed E-state index contributed by atoms with van der Waals surface area (Å²) in [4.78, 5) is 55.0. The van der Waals surface area contributed by atoms with Crippen LogP contribution in [0.25, 0.3) is 11.1 Å². The lowest BCUT2D eigenvalue weighted by atomic mass is 9.92. The van der Waals surface area contributed by atoms with Gasteiger partial charge in [0.1, 0.15) is 17.5 Å². The molecule has 232 valence electrons. The lowest BCUT2D eigenvalue weighted by Crippen LogP contribution is -2.60. The van der Waals surface area contributed by atoms with Gasteiger partial charge in [0.05, 0.1) is 26.3 Å². The van der Waals surface area contributed by atoms with Gasteiger partial charge >= 0.3 is 0 Å². The third-order valence-electron chi connectivity index (χ3n) is 9.17. The van der Waals surface area contributed by atoms with Crippen molar-refractivity contribution in [3.8, 4) is 22.6 Å². The van der Waals surface area contributed by atoms with E-state index in [4.69, 9.17) is 9.47 Å². The van der Waals surface area contributed by atoms with E-state index in [0.717, 1.165) is 80.2 Å². The molecule has 3 fully saturated rings. The zero-order valence-corrected chi connectivity index (χ0v) is 25.7. The molecule has 3 aliphatic rings. The number of hydrogen-bond donors (Lipinski definition) is 1. The maximum atomic E-state index is 12.8. The van der Waals surface area contributed by atoms with E-state index in [0.29, 0.717) is 31.0 Å². The number of imide groups is 1. The fourth-order valence-corrected chi connectivity index (χ4v) is 6.60. The third-order valence-corrected chi connectivity index (χ3v) is 9.17. The van der Waals surface area contributed by atoms with E-state index in [2.05, 4.69) is 15.1 Å². The van der Waals surface area contributed by atoms with Crippen LogP contribution in [0, 0.1) is 12.8 Å². The van der Waals surface area contributed by atoms with Gasteiger partial charge < -0.3 is 18.9 Å². The van der Waals surface area contributed by atoms with E-state index in [9.17, 15) is 19.2 Å². The van der Waals surface area contributed by atoms with Gasteiger partial charge in [-0.05, 0) is 87.5 Å². The molecule has 0 radical (unpaired) electrons. The van der Waals surface area contributed by atoms with Crippen molar-refractivity contribution in [1.29, 1.82) is 0 Å². The summed E-state index contributed by atoms with van der Waals surface area (Å²) in [5.74, 6) is 1.49. The predicted octanol–water partition coefficient (Wildman–Crippen LogP) is 1.93. The molecule has 1 N–H and O–H groups in total. The molecule has 11 heteroatoms. The highest BCUT2D eigenvalue weighted by molar-refractivity contribution is 6.01. The van der Waals surface area contributed by atoms with Gasteiger partial charge in [-0.1, -0.05) is 0 Å². The molecule has 0 aliphatic carbocycles. The number of pyridine rings is 1. The Morgan fingerprint density at radius 2 is 1.58 bits per heavy atom. The second kappa shape index (κ2) is 13.3. The Morgan fingerprint density at radius 3 is 2.19 bits per heavy atom. The molecule has 3 amide bonds. The zero-order chi connectivity index (χ0) is 30.7. The van der Waals surface area contributed by atoms with Gasteiger partial charge in [0.2, 0.25) is 17.7 Å².